The van der Waals surface area contributed by atoms with Crippen LogP contribution in [0.2, 0.25) is 5.02 Å². The van der Waals surface area contributed by atoms with Crippen LogP contribution in [0.5, 0.6) is 0 Å². The molecule has 0 aliphatic rings. The van der Waals surface area contributed by atoms with Gasteiger partial charge in [0.25, 0.3) is 5.56 Å². The lowest BCUT2D eigenvalue weighted by molar-refractivity contribution is 0.584. The summed E-state index contributed by atoms with van der Waals surface area (Å²) in [7, 11) is 0. The molecule has 1 aromatic carbocycles. The van der Waals surface area contributed by atoms with Gasteiger partial charge < -0.3 is 22.9 Å². The number of rotatable bonds is 5. The summed E-state index contributed by atoms with van der Waals surface area (Å²) in [6.45, 7) is 3.22. The second-order valence-electron chi connectivity index (χ2n) is 6.35. The number of fused-ring (bicyclic) bond motifs is 1. The van der Waals surface area contributed by atoms with Crippen LogP contribution in [0.4, 0.5) is 17.6 Å². The molecule has 3 rings (SSSR count). The molecule has 0 aliphatic carbocycles. The fourth-order valence-electron chi connectivity index (χ4n) is 2.79. The van der Waals surface area contributed by atoms with E-state index in [0.717, 1.165) is 25.1 Å². The molecule has 0 spiro atoms. The summed E-state index contributed by atoms with van der Waals surface area (Å²) < 4.78 is 1.71. The average Bonchev–Trinajstić information content (AvgIpc) is 2.68. The third kappa shape index (κ3) is 5.14. The van der Waals surface area contributed by atoms with Crippen LogP contribution in [0.15, 0.2) is 23.0 Å². The van der Waals surface area contributed by atoms with Crippen molar-refractivity contribution in [3.63, 3.8) is 0 Å². The average molecular weight is 430 g/mol. The zero-order valence-electron chi connectivity index (χ0n) is 16.6. The van der Waals surface area contributed by atoms with Gasteiger partial charge in [0.2, 0.25) is 5.95 Å². The highest BCUT2D eigenvalue weighted by Gasteiger charge is 2.12. The Morgan fingerprint density at radius 2 is 1.83 bits per heavy atom. The van der Waals surface area contributed by atoms with Gasteiger partial charge in [0.1, 0.15) is 29.1 Å². The van der Waals surface area contributed by atoms with Crippen molar-refractivity contribution in [2.24, 2.45) is 5.73 Å². The zero-order valence-corrected chi connectivity index (χ0v) is 17.4. The molecule has 2 heterocycles. The number of nitrogen functional groups attached to an aromatic ring is 3. The van der Waals surface area contributed by atoms with Crippen LogP contribution in [0.3, 0.4) is 0 Å². The van der Waals surface area contributed by atoms with E-state index in [-0.39, 0.29) is 28.7 Å². The Kier molecular flexibility index (Phi) is 7.91. The fourth-order valence-corrected chi connectivity index (χ4v) is 3.04. The Morgan fingerprint density at radius 3 is 2.40 bits per heavy atom. The number of nitrogens with zero attached hydrogens (tertiary/aromatic N) is 5. The molecule has 0 radical (unpaired) electrons. The molecule has 3 aromatic rings. The van der Waals surface area contributed by atoms with Crippen LogP contribution >= 0.6 is 11.6 Å². The largest absolute Gasteiger partial charge is 0.382 e. The van der Waals surface area contributed by atoms with Gasteiger partial charge in [-0.1, -0.05) is 24.6 Å². The molecule has 0 unspecified atom stereocenters. The molecular formula is C19H24ClN9O. The maximum Gasteiger partial charge on any atom is 0.262 e. The number of nitriles is 1. The van der Waals surface area contributed by atoms with Crippen LogP contribution in [-0.4, -0.2) is 26.1 Å². The van der Waals surface area contributed by atoms with Gasteiger partial charge >= 0.3 is 0 Å². The lowest BCUT2D eigenvalue weighted by Gasteiger charge is -2.13. The van der Waals surface area contributed by atoms with Gasteiger partial charge in [-0.2, -0.15) is 15.2 Å². The van der Waals surface area contributed by atoms with Crippen molar-refractivity contribution in [1.29, 1.82) is 5.26 Å². The first kappa shape index (κ1) is 22.9. The van der Waals surface area contributed by atoms with Gasteiger partial charge in [-0.3, -0.25) is 9.36 Å². The van der Waals surface area contributed by atoms with Crippen molar-refractivity contribution >= 4 is 40.1 Å². The summed E-state index contributed by atoms with van der Waals surface area (Å²) in [4.78, 5) is 24.2. The summed E-state index contributed by atoms with van der Waals surface area (Å²) in [6, 6.07) is 7.13. The number of benzene rings is 1. The smallest absolute Gasteiger partial charge is 0.262 e. The highest BCUT2D eigenvalue weighted by atomic mass is 35.5. The van der Waals surface area contributed by atoms with Crippen LogP contribution in [0, 0.1) is 11.3 Å². The van der Waals surface area contributed by atoms with Gasteiger partial charge in [0, 0.05) is 13.0 Å². The van der Waals surface area contributed by atoms with Crippen molar-refractivity contribution in [2.45, 2.75) is 32.7 Å². The van der Waals surface area contributed by atoms with E-state index in [1.54, 1.807) is 16.7 Å². The molecular weight excluding hydrogens is 406 g/mol. The highest BCUT2D eigenvalue weighted by Crippen LogP contribution is 2.19. The van der Waals surface area contributed by atoms with E-state index in [0.29, 0.717) is 29.0 Å². The number of hydrogen-bond acceptors (Lipinski definition) is 9. The van der Waals surface area contributed by atoms with Crippen LogP contribution < -0.4 is 28.5 Å². The van der Waals surface area contributed by atoms with E-state index in [2.05, 4.69) is 21.9 Å². The highest BCUT2D eigenvalue weighted by molar-refractivity contribution is 6.35. The maximum atomic E-state index is 12.5. The summed E-state index contributed by atoms with van der Waals surface area (Å²) in [5.74, 6) is 0.810. The molecule has 2 aromatic heterocycles. The second kappa shape index (κ2) is 10.4. The van der Waals surface area contributed by atoms with E-state index < -0.39 is 0 Å². The number of aryl methyl sites for hydroxylation is 1. The quantitative estimate of drug-likeness (QED) is 0.464. The fraction of sp³-hybridized carbons (Fsp3) is 0.316. The Bertz CT molecular complexity index is 1110. The molecule has 10 nitrogen and oxygen atoms in total. The molecule has 0 amide bonds. The Hall–Kier alpha value is -3.42. The minimum absolute atomic E-state index is 0.0116. The Morgan fingerprint density at radius 1 is 1.17 bits per heavy atom. The van der Waals surface area contributed by atoms with Crippen LogP contribution in [0.1, 0.15) is 31.2 Å². The molecule has 0 saturated carbocycles. The standard InChI is InChI=1S/C14H18ClN3O.C5H6N6/c1-2-5-12-17-11-7-3-6-10(15)13(11)14(19)18(12)9-4-8-16;6-1-2-3(7)10-5(9)11-4(2)8/h3,6-7H,2,4-5,8-9,16H2,1H3;(H6,7,8,9,10,11). The first-order valence-corrected chi connectivity index (χ1v) is 9.68. The van der Waals surface area contributed by atoms with Crippen LogP contribution in [-0.2, 0) is 13.0 Å². The molecule has 0 fully saturated rings. The predicted octanol–water partition coefficient (Wildman–Crippen LogP) is 1.45. The Labute approximate surface area is 178 Å². The van der Waals surface area contributed by atoms with Crippen molar-refractivity contribution < 1.29 is 0 Å². The van der Waals surface area contributed by atoms with Gasteiger partial charge in [0.05, 0.1) is 15.9 Å². The monoisotopic (exact) mass is 429 g/mol. The normalized spacial score (nSPS) is 10.3. The van der Waals surface area contributed by atoms with Gasteiger partial charge in [-0.05, 0) is 31.5 Å². The summed E-state index contributed by atoms with van der Waals surface area (Å²) >= 11 is 6.12. The maximum absolute atomic E-state index is 12.5. The topological polar surface area (TPSA) is 189 Å². The molecule has 8 N–H and O–H groups in total. The summed E-state index contributed by atoms with van der Waals surface area (Å²) in [6.07, 6.45) is 2.48. The van der Waals surface area contributed by atoms with Gasteiger partial charge in [-0.15, -0.1) is 0 Å². The van der Waals surface area contributed by atoms with Crippen LogP contribution in [0.25, 0.3) is 10.9 Å². The van der Waals surface area contributed by atoms with Gasteiger partial charge in [0.15, 0.2) is 0 Å². The van der Waals surface area contributed by atoms with Gasteiger partial charge in [-0.25, -0.2) is 4.98 Å². The molecule has 158 valence electrons. The third-order valence-electron chi connectivity index (χ3n) is 4.17. The Balaban J connectivity index is 0.000000248. The molecule has 0 saturated heterocycles. The first-order valence-electron chi connectivity index (χ1n) is 9.30. The zero-order chi connectivity index (χ0) is 22.3. The van der Waals surface area contributed by atoms with E-state index in [1.165, 1.54) is 0 Å². The SMILES string of the molecule is CCCc1nc2cccc(Cl)c2c(=O)n1CCCN.N#Cc1c(N)nc(N)nc1N. The lowest BCUT2D eigenvalue weighted by atomic mass is 10.2. The molecule has 0 atom stereocenters. The second-order valence-corrected chi connectivity index (χ2v) is 6.76. The van der Waals surface area contributed by atoms with Crippen molar-refractivity contribution in [1.82, 2.24) is 19.5 Å². The number of nitrogens with two attached hydrogens (primary N) is 4. The van der Waals surface area contributed by atoms with E-state index in [4.69, 9.17) is 39.8 Å². The van der Waals surface area contributed by atoms with Crippen molar-refractivity contribution in [3.8, 4) is 6.07 Å². The molecule has 30 heavy (non-hydrogen) atoms. The summed E-state index contributed by atoms with van der Waals surface area (Å²) in [5, 5.41) is 9.42. The molecule has 11 heteroatoms. The first-order chi connectivity index (χ1) is 14.3. The van der Waals surface area contributed by atoms with Crippen molar-refractivity contribution in [3.05, 3.63) is 45.0 Å². The third-order valence-corrected chi connectivity index (χ3v) is 4.48. The summed E-state index contributed by atoms with van der Waals surface area (Å²) in [5.41, 5.74) is 22.0. The van der Waals surface area contributed by atoms with E-state index in [1.807, 2.05) is 12.1 Å². The van der Waals surface area contributed by atoms with E-state index in [9.17, 15) is 4.79 Å². The lowest BCUT2D eigenvalue weighted by Crippen LogP contribution is -2.26. The molecule has 0 aliphatic heterocycles. The minimum atomic E-state index is -0.0625. The number of aromatic nitrogens is 4. The minimum Gasteiger partial charge on any atom is -0.382 e. The predicted molar refractivity (Wildman–Crippen MR) is 119 cm³/mol. The number of anilines is 3. The number of halogens is 1. The van der Waals surface area contributed by atoms with Crippen molar-refractivity contribution in [2.75, 3.05) is 23.7 Å². The number of hydrogen-bond donors (Lipinski definition) is 4. The molecule has 0 bridgehead atoms. The van der Waals surface area contributed by atoms with E-state index >= 15 is 0 Å².